The minimum absolute atomic E-state index is 0.503. The average molecular weight is 283 g/mol. The van der Waals surface area contributed by atoms with Crippen molar-refractivity contribution in [3.8, 4) is 0 Å². The zero-order chi connectivity index (χ0) is 14.9. The summed E-state index contributed by atoms with van der Waals surface area (Å²) in [5, 5.41) is 3.68. The second kappa shape index (κ2) is 8.60. The number of ether oxygens (including phenoxy) is 1. The van der Waals surface area contributed by atoms with Gasteiger partial charge in [0.15, 0.2) is 0 Å². The molecule has 0 saturated carbocycles. The fourth-order valence-electron chi connectivity index (χ4n) is 2.54. The molecule has 1 atom stereocenters. The van der Waals surface area contributed by atoms with E-state index in [-0.39, 0.29) is 0 Å². The molecular formula is C19H25NO. The molecule has 0 heterocycles. The minimum Gasteiger partial charge on any atom is -0.380 e. The molecule has 2 aromatic carbocycles. The Hall–Kier alpha value is -1.64. The van der Waals surface area contributed by atoms with E-state index < -0.39 is 0 Å². The van der Waals surface area contributed by atoms with Crippen molar-refractivity contribution in [1.29, 1.82) is 0 Å². The molecule has 112 valence electrons. The Bertz CT molecular complexity index is 524. The van der Waals surface area contributed by atoms with Gasteiger partial charge in [-0.3, -0.25) is 0 Å². The van der Waals surface area contributed by atoms with Crippen LogP contribution in [0.3, 0.4) is 0 Å². The summed E-state index contributed by atoms with van der Waals surface area (Å²) in [6, 6.07) is 19.7. The SMILES string of the molecule is CCC(Cc1ccccc1)NCc1ccccc1COC. The van der Waals surface area contributed by atoms with Gasteiger partial charge in [-0.2, -0.15) is 0 Å². The first kappa shape index (κ1) is 15.7. The number of rotatable bonds is 8. The zero-order valence-corrected chi connectivity index (χ0v) is 13.0. The van der Waals surface area contributed by atoms with E-state index in [0.29, 0.717) is 12.6 Å². The van der Waals surface area contributed by atoms with Crippen LogP contribution in [0.2, 0.25) is 0 Å². The second-order valence-electron chi connectivity index (χ2n) is 5.38. The first-order valence-electron chi connectivity index (χ1n) is 7.66. The van der Waals surface area contributed by atoms with Gasteiger partial charge in [-0.05, 0) is 29.5 Å². The molecule has 0 saturated heterocycles. The van der Waals surface area contributed by atoms with Gasteiger partial charge in [-0.1, -0.05) is 61.5 Å². The molecule has 1 N–H and O–H groups in total. The predicted octanol–water partition coefficient (Wildman–Crippen LogP) is 3.94. The average Bonchev–Trinajstić information content (AvgIpc) is 2.54. The molecule has 2 nitrogen and oxygen atoms in total. The van der Waals surface area contributed by atoms with Gasteiger partial charge in [-0.25, -0.2) is 0 Å². The van der Waals surface area contributed by atoms with Crippen molar-refractivity contribution in [1.82, 2.24) is 5.32 Å². The van der Waals surface area contributed by atoms with Crippen molar-refractivity contribution < 1.29 is 4.74 Å². The maximum absolute atomic E-state index is 5.27. The van der Waals surface area contributed by atoms with Crippen LogP contribution in [-0.4, -0.2) is 13.2 Å². The normalized spacial score (nSPS) is 12.3. The highest BCUT2D eigenvalue weighted by molar-refractivity contribution is 5.26. The molecule has 21 heavy (non-hydrogen) atoms. The van der Waals surface area contributed by atoms with Gasteiger partial charge in [0.05, 0.1) is 6.61 Å². The zero-order valence-electron chi connectivity index (χ0n) is 13.0. The van der Waals surface area contributed by atoms with Crippen LogP contribution in [-0.2, 0) is 24.3 Å². The van der Waals surface area contributed by atoms with Crippen LogP contribution in [0.25, 0.3) is 0 Å². The molecule has 0 bridgehead atoms. The minimum atomic E-state index is 0.503. The maximum atomic E-state index is 5.27. The van der Waals surface area contributed by atoms with Crippen LogP contribution < -0.4 is 5.32 Å². The summed E-state index contributed by atoms with van der Waals surface area (Å²) in [4.78, 5) is 0. The second-order valence-corrected chi connectivity index (χ2v) is 5.38. The first-order valence-corrected chi connectivity index (χ1v) is 7.66. The molecular weight excluding hydrogens is 258 g/mol. The molecule has 1 unspecified atom stereocenters. The highest BCUT2D eigenvalue weighted by Crippen LogP contribution is 2.11. The molecule has 0 radical (unpaired) electrons. The molecule has 0 aliphatic rings. The number of methoxy groups -OCH3 is 1. The Kier molecular flexibility index (Phi) is 6.45. The van der Waals surface area contributed by atoms with Crippen LogP contribution in [0.4, 0.5) is 0 Å². The predicted molar refractivity (Wildman–Crippen MR) is 88.2 cm³/mol. The van der Waals surface area contributed by atoms with Crippen molar-refractivity contribution >= 4 is 0 Å². The van der Waals surface area contributed by atoms with E-state index in [1.54, 1.807) is 7.11 Å². The van der Waals surface area contributed by atoms with Crippen molar-refractivity contribution in [2.75, 3.05) is 7.11 Å². The molecule has 2 heteroatoms. The van der Waals surface area contributed by atoms with Gasteiger partial charge < -0.3 is 10.1 Å². The lowest BCUT2D eigenvalue weighted by Crippen LogP contribution is -2.30. The van der Waals surface area contributed by atoms with Gasteiger partial charge >= 0.3 is 0 Å². The third-order valence-electron chi connectivity index (χ3n) is 3.82. The molecule has 2 aromatic rings. The van der Waals surface area contributed by atoms with Crippen molar-refractivity contribution in [3.05, 3.63) is 71.3 Å². The molecule has 2 rings (SSSR count). The van der Waals surface area contributed by atoms with E-state index >= 15 is 0 Å². The molecule has 0 fully saturated rings. The third kappa shape index (κ3) is 5.00. The topological polar surface area (TPSA) is 21.3 Å². The number of nitrogens with one attached hydrogen (secondary N) is 1. The Morgan fingerprint density at radius 3 is 2.29 bits per heavy atom. The number of hydrogen-bond acceptors (Lipinski definition) is 2. The Morgan fingerprint density at radius 1 is 0.952 bits per heavy atom. The van der Waals surface area contributed by atoms with Crippen LogP contribution in [0.5, 0.6) is 0 Å². The molecule has 0 aromatic heterocycles. The molecule has 0 amide bonds. The highest BCUT2D eigenvalue weighted by atomic mass is 16.5. The first-order chi connectivity index (χ1) is 10.3. The van der Waals surface area contributed by atoms with Gasteiger partial charge in [-0.15, -0.1) is 0 Å². The van der Waals surface area contributed by atoms with E-state index in [4.69, 9.17) is 4.74 Å². The fraction of sp³-hybridized carbons (Fsp3) is 0.368. The summed E-state index contributed by atoms with van der Waals surface area (Å²) in [5.41, 5.74) is 3.98. The van der Waals surface area contributed by atoms with Gasteiger partial charge in [0.25, 0.3) is 0 Å². The van der Waals surface area contributed by atoms with Crippen LogP contribution >= 0.6 is 0 Å². The van der Waals surface area contributed by atoms with E-state index in [0.717, 1.165) is 19.4 Å². The van der Waals surface area contributed by atoms with Gasteiger partial charge in [0.1, 0.15) is 0 Å². The third-order valence-corrected chi connectivity index (χ3v) is 3.82. The van der Waals surface area contributed by atoms with Crippen LogP contribution in [0.15, 0.2) is 54.6 Å². The Labute approximate surface area is 128 Å². The van der Waals surface area contributed by atoms with Crippen molar-refractivity contribution in [2.45, 2.75) is 39.0 Å². The summed E-state index contributed by atoms with van der Waals surface area (Å²) in [6.45, 7) is 3.81. The lowest BCUT2D eigenvalue weighted by atomic mass is 10.0. The number of benzene rings is 2. The Balaban J connectivity index is 1.94. The highest BCUT2D eigenvalue weighted by Gasteiger charge is 2.08. The summed E-state index contributed by atoms with van der Waals surface area (Å²) >= 11 is 0. The van der Waals surface area contributed by atoms with E-state index in [1.165, 1.54) is 16.7 Å². The number of hydrogen-bond donors (Lipinski definition) is 1. The summed E-state index contributed by atoms with van der Waals surface area (Å²) in [7, 11) is 1.74. The lowest BCUT2D eigenvalue weighted by Gasteiger charge is -2.18. The standard InChI is InChI=1S/C19H25NO/c1-3-19(13-16-9-5-4-6-10-16)20-14-17-11-7-8-12-18(17)15-21-2/h4-12,19-20H,3,13-15H2,1-2H3. The summed E-state index contributed by atoms with van der Waals surface area (Å²) < 4.78 is 5.27. The van der Waals surface area contributed by atoms with Crippen molar-refractivity contribution in [3.63, 3.8) is 0 Å². The van der Waals surface area contributed by atoms with Crippen LogP contribution in [0, 0.1) is 0 Å². The monoisotopic (exact) mass is 283 g/mol. The van der Waals surface area contributed by atoms with Gasteiger partial charge in [0, 0.05) is 19.7 Å². The van der Waals surface area contributed by atoms with E-state index in [2.05, 4.69) is 66.8 Å². The smallest absolute Gasteiger partial charge is 0.0716 e. The Morgan fingerprint density at radius 2 is 1.62 bits per heavy atom. The lowest BCUT2D eigenvalue weighted by molar-refractivity contribution is 0.184. The largest absolute Gasteiger partial charge is 0.380 e. The fourth-order valence-corrected chi connectivity index (χ4v) is 2.54. The summed E-state index contributed by atoms with van der Waals surface area (Å²) in [5.74, 6) is 0. The molecule has 0 spiro atoms. The molecule has 0 aliphatic carbocycles. The van der Waals surface area contributed by atoms with Crippen LogP contribution in [0.1, 0.15) is 30.0 Å². The van der Waals surface area contributed by atoms with E-state index in [1.807, 2.05) is 0 Å². The summed E-state index contributed by atoms with van der Waals surface area (Å²) in [6.07, 6.45) is 2.20. The quantitative estimate of drug-likeness (QED) is 0.792. The van der Waals surface area contributed by atoms with Gasteiger partial charge in [0.2, 0.25) is 0 Å². The maximum Gasteiger partial charge on any atom is 0.0716 e. The molecule has 0 aliphatic heterocycles. The van der Waals surface area contributed by atoms with Crippen molar-refractivity contribution in [2.24, 2.45) is 0 Å². The van der Waals surface area contributed by atoms with E-state index in [9.17, 15) is 0 Å².